The minimum Gasteiger partial charge on any atom is -0.504 e. The lowest BCUT2D eigenvalue weighted by Crippen LogP contribution is -2.76. The van der Waals surface area contributed by atoms with E-state index in [9.17, 15) is 15.0 Å². The molecule has 2 N–H and O–H groups in total. The Morgan fingerprint density at radius 3 is 2.92 bits per heavy atom. The summed E-state index contributed by atoms with van der Waals surface area (Å²) in [5, 5.41) is 22.3. The molecule has 1 saturated heterocycles. The molecule has 1 spiro atoms. The fourth-order valence-electron chi connectivity index (χ4n) is 6.10. The van der Waals surface area contributed by atoms with E-state index in [1.165, 1.54) is 0 Å². The van der Waals surface area contributed by atoms with Crippen molar-refractivity contribution < 1.29 is 19.7 Å². The normalized spacial score (nSPS) is 38.6. The van der Waals surface area contributed by atoms with Crippen LogP contribution >= 0.6 is 0 Å². The topological polar surface area (TPSA) is 70.0 Å². The zero-order valence-corrected chi connectivity index (χ0v) is 14.8. The maximum Gasteiger partial charge on any atom is 0.174 e. The number of aliphatic hydroxyl groups is 1. The molecule has 134 valence electrons. The number of nitrogens with zero attached hydrogens (tertiary/aromatic N) is 1. The molecule has 0 aromatic heterocycles. The van der Waals surface area contributed by atoms with Crippen molar-refractivity contribution in [2.75, 3.05) is 13.1 Å². The average Bonchev–Trinajstić information content (AvgIpc) is 2.91. The molecule has 2 heterocycles. The molecule has 1 aromatic rings. The van der Waals surface area contributed by atoms with Gasteiger partial charge >= 0.3 is 0 Å². The number of ether oxygens (including phenoxy) is 1. The average molecular weight is 343 g/mol. The lowest BCUT2D eigenvalue weighted by Gasteiger charge is -2.62. The molecule has 5 nitrogen and oxygen atoms in total. The minimum atomic E-state index is -0.967. The van der Waals surface area contributed by atoms with Crippen LogP contribution in [0.2, 0.25) is 0 Å². The number of phenolic OH excluding ortho intramolecular Hbond substituents is 1. The summed E-state index contributed by atoms with van der Waals surface area (Å²) in [5.41, 5.74) is 0.369. The maximum atomic E-state index is 12.7. The zero-order valence-electron chi connectivity index (χ0n) is 14.8. The Kier molecular flexibility index (Phi) is 2.99. The molecule has 0 amide bonds. The number of rotatable bonds is 2. The Balaban J connectivity index is 1.75. The van der Waals surface area contributed by atoms with Crippen molar-refractivity contribution in [3.63, 3.8) is 0 Å². The summed E-state index contributed by atoms with van der Waals surface area (Å²) < 4.78 is 6.03. The molecule has 25 heavy (non-hydrogen) atoms. The second-order valence-corrected chi connectivity index (χ2v) is 8.67. The van der Waals surface area contributed by atoms with E-state index >= 15 is 0 Å². The second kappa shape index (κ2) is 4.77. The number of carbonyl (C=O) groups excluding carboxylic acids is 1. The summed E-state index contributed by atoms with van der Waals surface area (Å²) in [7, 11) is 0. The van der Waals surface area contributed by atoms with Gasteiger partial charge in [-0.05, 0) is 43.4 Å². The van der Waals surface area contributed by atoms with Crippen LogP contribution in [0.3, 0.4) is 0 Å². The molecule has 0 radical (unpaired) electrons. The first-order chi connectivity index (χ1) is 11.9. The fraction of sp³-hybridized carbons (Fsp3) is 0.650. The Bertz CT molecular complexity index is 775. The van der Waals surface area contributed by atoms with Crippen LogP contribution in [-0.4, -0.2) is 51.7 Å². The lowest BCUT2D eigenvalue weighted by atomic mass is 9.49. The molecule has 1 saturated carbocycles. The lowest BCUT2D eigenvalue weighted by molar-refractivity contribution is -0.189. The molecule has 2 bridgehead atoms. The van der Waals surface area contributed by atoms with Crippen molar-refractivity contribution in [2.45, 2.75) is 62.7 Å². The highest BCUT2D eigenvalue weighted by Crippen LogP contribution is 2.64. The van der Waals surface area contributed by atoms with Crippen molar-refractivity contribution >= 4 is 5.78 Å². The SMILES string of the molecule is CC(C)CN1CC[C@]23c4c5ccc(O)c4O[C@H]2C(=O)CC[C@@]3(O)[C@@H]1C5. The van der Waals surface area contributed by atoms with Gasteiger partial charge in [-0.2, -0.15) is 0 Å². The molecule has 4 aliphatic rings. The van der Waals surface area contributed by atoms with E-state index in [0.717, 1.165) is 30.6 Å². The number of hydrogen-bond donors (Lipinski definition) is 2. The third-order valence-corrected chi connectivity index (χ3v) is 6.97. The number of ketones is 1. The first-order valence-corrected chi connectivity index (χ1v) is 9.39. The Morgan fingerprint density at radius 1 is 1.36 bits per heavy atom. The summed E-state index contributed by atoms with van der Waals surface area (Å²) in [6, 6.07) is 3.62. The first kappa shape index (κ1) is 15.6. The fourth-order valence-corrected chi connectivity index (χ4v) is 6.10. The van der Waals surface area contributed by atoms with Gasteiger partial charge in [-0.15, -0.1) is 0 Å². The summed E-state index contributed by atoms with van der Waals surface area (Å²) in [6.45, 7) is 6.20. The third kappa shape index (κ3) is 1.69. The highest BCUT2D eigenvalue weighted by Gasteiger charge is 2.73. The summed E-state index contributed by atoms with van der Waals surface area (Å²) in [5.74, 6) is 1.10. The molecule has 2 aliphatic heterocycles. The minimum absolute atomic E-state index is 0.00541. The number of piperidine rings is 1. The van der Waals surface area contributed by atoms with E-state index in [-0.39, 0.29) is 17.6 Å². The molecule has 2 aliphatic carbocycles. The van der Waals surface area contributed by atoms with Crippen LogP contribution in [0.1, 0.15) is 44.2 Å². The van der Waals surface area contributed by atoms with Crippen LogP contribution < -0.4 is 4.74 Å². The van der Waals surface area contributed by atoms with Crippen molar-refractivity contribution in [1.29, 1.82) is 0 Å². The van der Waals surface area contributed by atoms with Crippen molar-refractivity contribution in [2.24, 2.45) is 5.92 Å². The van der Waals surface area contributed by atoms with Gasteiger partial charge < -0.3 is 14.9 Å². The van der Waals surface area contributed by atoms with E-state index in [1.807, 2.05) is 6.07 Å². The van der Waals surface area contributed by atoms with Gasteiger partial charge in [0.25, 0.3) is 0 Å². The first-order valence-electron chi connectivity index (χ1n) is 9.39. The molecule has 5 heteroatoms. The number of phenols is 1. The molecule has 0 unspecified atom stereocenters. The summed E-state index contributed by atoms with van der Waals surface area (Å²) in [4.78, 5) is 15.1. The molecular formula is C20H25NO4. The highest BCUT2D eigenvalue weighted by molar-refractivity contribution is 5.90. The molecule has 5 rings (SSSR count). The second-order valence-electron chi connectivity index (χ2n) is 8.67. The van der Waals surface area contributed by atoms with Crippen LogP contribution in [0.15, 0.2) is 12.1 Å². The van der Waals surface area contributed by atoms with Crippen molar-refractivity contribution in [1.82, 2.24) is 4.90 Å². The number of aromatic hydroxyl groups is 1. The molecule has 1 aromatic carbocycles. The highest BCUT2D eigenvalue weighted by atomic mass is 16.5. The van der Waals surface area contributed by atoms with E-state index in [2.05, 4.69) is 18.7 Å². The van der Waals surface area contributed by atoms with E-state index in [1.54, 1.807) is 6.07 Å². The maximum absolute atomic E-state index is 12.7. The van der Waals surface area contributed by atoms with Crippen LogP contribution in [0.25, 0.3) is 0 Å². The van der Waals surface area contributed by atoms with Gasteiger partial charge in [0.2, 0.25) is 0 Å². The third-order valence-electron chi connectivity index (χ3n) is 6.97. The molecule has 2 fully saturated rings. The number of Topliss-reactive ketones (excluding diaryl/α,β-unsaturated/α-hetero) is 1. The molecule has 4 atom stereocenters. The Labute approximate surface area is 147 Å². The number of likely N-dealkylation sites (tertiary alicyclic amines) is 1. The largest absolute Gasteiger partial charge is 0.504 e. The van der Waals surface area contributed by atoms with Gasteiger partial charge in [0.1, 0.15) is 0 Å². The van der Waals surface area contributed by atoms with E-state index in [4.69, 9.17) is 4.74 Å². The van der Waals surface area contributed by atoms with E-state index < -0.39 is 17.1 Å². The van der Waals surface area contributed by atoms with Gasteiger partial charge in [0.15, 0.2) is 23.4 Å². The van der Waals surface area contributed by atoms with Crippen LogP contribution in [0, 0.1) is 5.92 Å². The summed E-state index contributed by atoms with van der Waals surface area (Å²) in [6.07, 6.45) is 1.63. The van der Waals surface area contributed by atoms with E-state index in [0.29, 0.717) is 30.9 Å². The monoisotopic (exact) mass is 343 g/mol. The van der Waals surface area contributed by atoms with Crippen LogP contribution in [0.4, 0.5) is 0 Å². The molecular weight excluding hydrogens is 318 g/mol. The van der Waals surface area contributed by atoms with Gasteiger partial charge in [-0.25, -0.2) is 0 Å². The predicted octanol–water partition coefficient (Wildman–Crippen LogP) is 1.77. The van der Waals surface area contributed by atoms with Gasteiger partial charge in [-0.1, -0.05) is 19.9 Å². The summed E-state index contributed by atoms with van der Waals surface area (Å²) >= 11 is 0. The standard InChI is InChI=1S/C20H25NO4/c1-11(2)10-21-8-7-19-16-12-3-4-13(22)17(16)25-18(19)14(23)5-6-20(19,24)15(21)9-12/h3-4,11,15,18,22,24H,5-10H2,1-2H3/t15-,18-,19-,20+/m0/s1. The quantitative estimate of drug-likeness (QED) is 0.856. The Hall–Kier alpha value is -1.59. The number of carbonyl (C=O) groups is 1. The number of hydrogen-bond acceptors (Lipinski definition) is 5. The number of benzene rings is 1. The zero-order chi connectivity index (χ0) is 17.6. The van der Waals surface area contributed by atoms with Crippen LogP contribution in [0.5, 0.6) is 11.5 Å². The van der Waals surface area contributed by atoms with Crippen LogP contribution in [-0.2, 0) is 16.6 Å². The smallest absolute Gasteiger partial charge is 0.174 e. The Morgan fingerprint density at radius 2 is 2.16 bits per heavy atom. The van der Waals surface area contributed by atoms with Gasteiger partial charge in [-0.3, -0.25) is 9.69 Å². The van der Waals surface area contributed by atoms with Gasteiger partial charge in [0.05, 0.1) is 11.0 Å². The van der Waals surface area contributed by atoms with Crippen molar-refractivity contribution in [3.8, 4) is 11.5 Å². The predicted molar refractivity (Wildman–Crippen MR) is 91.9 cm³/mol. The van der Waals surface area contributed by atoms with Gasteiger partial charge in [0, 0.05) is 24.6 Å². The van der Waals surface area contributed by atoms with Crippen molar-refractivity contribution in [3.05, 3.63) is 23.3 Å².